The molecule has 2 heteroatoms. The molecule has 0 fully saturated rings. The fourth-order valence-electron chi connectivity index (χ4n) is 2.17. The van der Waals surface area contributed by atoms with Gasteiger partial charge in [0.15, 0.2) is 0 Å². The molecule has 0 saturated heterocycles. The molecule has 1 aromatic heterocycles. The minimum Gasteiger partial charge on any atom is -0.207 e. The number of thiophene rings is 1. The van der Waals surface area contributed by atoms with E-state index < -0.39 is 0 Å². The highest BCUT2D eigenvalue weighted by Crippen LogP contribution is 2.37. The molecule has 0 nitrogen and oxygen atoms in total. The number of aryl methyl sites for hydroxylation is 2. The van der Waals surface area contributed by atoms with Crippen LogP contribution in [0.3, 0.4) is 0 Å². The maximum Gasteiger partial charge on any atom is 0.124 e. The molecular formula is C14H11FS. The minimum absolute atomic E-state index is 0.147. The summed E-state index contributed by atoms with van der Waals surface area (Å²) in [7, 11) is 0. The van der Waals surface area contributed by atoms with E-state index in [1.54, 1.807) is 23.5 Å². The first-order valence-electron chi connectivity index (χ1n) is 5.25. The molecular weight excluding hydrogens is 219 g/mol. The van der Waals surface area contributed by atoms with E-state index in [1.165, 1.54) is 20.3 Å². The molecule has 1 heterocycles. The molecule has 0 aliphatic carbocycles. The van der Waals surface area contributed by atoms with Gasteiger partial charge in [-0.2, -0.15) is 0 Å². The average molecular weight is 230 g/mol. The second kappa shape index (κ2) is 3.29. The first-order chi connectivity index (χ1) is 7.66. The lowest BCUT2D eigenvalue weighted by molar-refractivity contribution is 0.629. The third kappa shape index (κ3) is 1.26. The van der Waals surface area contributed by atoms with E-state index in [0.717, 1.165) is 10.9 Å². The molecule has 2 aromatic carbocycles. The highest BCUT2D eigenvalue weighted by Gasteiger charge is 2.09. The molecule has 3 rings (SSSR count). The largest absolute Gasteiger partial charge is 0.207 e. The lowest BCUT2D eigenvalue weighted by Crippen LogP contribution is -1.77. The van der Waals surface area contributed by atoms with Gasteiger partial charge in [-0.25, -0.2) is 4.39 Å². The Kier molecular flexibility index (Phi) is 2.01. The van der Waals surface area contributed by atoms with Gasteiger partial charge in [0.25, 0.3) is 0 Å². The SMILES string of the molecule is Cc1cccc2c1sc1c(C)cc(F)cc12. The molecule has 0 radical (unpaired) electrons. The van der Waals surface area contributed by atoms with E-state index >= 15 is 0 Å². The molecule has 0 aliphatic rings. The Morgan fingerprint density at radius 2 is 1.69 bits per heavy atom. The third-order valence-corrected chi connectivity index (χ3v) is 4.44. The van der Waals surface area contributed by atoms with Gasteiger partial charge >= 0.3 is 0 Å². The van der Waals surface area contributed by atoms with Crippen molar-refractivity contribution in [3.8, 4) is 0 Å². The predicted octanol–water partition coefficient (Wildman–Crippen LogP) is 4.81. The molecule has 0 atom stereocenters. The first-order valence-corrected chi connectivity index (χ1v) is 6.06. The van der Waals surface area contributed by atoms with Gasteiger partial charge in [-0.05, 0) is 37.1 Å². The number of fused-ring (bicyclic) bond motifs is 3. The van der Waals surface area contributed by atoms with E-state index in [9.17, 15) is 4.39 Å². The van der Waals surface area contributed by atoms with Crippen molar-refractivity contribution in [1.82, 2.24) is 0 Å². The van der Waals surface area contributed by atoms with Crippen LogP contribution in [0.25, 0.3) is 20.2 Å². The van der Waals surface area contributed by atoms with Crippen LogP contribution in [0.4, 0.5) is 4.39 Å². The van der Waals surface area contributed by atoms with Gasteiger partial charge in [-0.1, -0.05) is 18.2 Å². The fraction of sp³-hybridized carbons (Fsp3) is 0.143. The summed E-state index contributed by atoms with van der Waals surface area (Å²) >= 11 is 1.76. The maximum absolute atomic E-state index is 13.4. The predicted molar refractivity (Wildman–Crippen MR) is 68.8 cm³/mol. The Balaban J connectivity index is 2.61. The summed E-state index contributed by atoms with van der Waals surface area (Å²) in [6, 6.07) is 9.45. The van der Waals surface area contributed by atoms with Gasteiger partial charge in [0.2, 0.25) is 0 Å². The number of rotatable bonds is 0. The van der Waals surface area contributed by atoms with Gasteiger partial charge in [0.05, 0.1) is 0 Å². The van der Waals surface area contributed by atoms with Crippen molar-refractivity contribution >= 4 is 31.5 Å². The van der Waals surface area contributed by atoms with Crippen LogP contribution in [-0.4, -0.2) is 0 Å². The summed E-state index contributed by atoms with van der Waals surface area (Å²) < 4.78 is 15.9. The molecule has 16 heavy (non-hydrogen) atoms. The van der Waals surface area contributed by atoms with E-state index in [4.69, 9.17) is 0 Å². The van der Waals surface area contributed by atoms with Gasteiger partial charge < -0.3 is 0 Å². The van der Waals surface area contributed by atoms with E-state index in [1.807, 2.05) is 13.0 Å². The molecule has 0 spiro atoms. The van der Waals surface area contributed by atoms with Crippen molar-refractivity contribution in [2.45, 2.75) is 13.8 Å². The summed E-state index contributed by atoms with van der Waals surface area (Å²) in [6.45, 7) is 4.07. The lowest BCUT2D eigenvalue weighted by atomic mass is 10.1. The van der Waals surface area contributed by atoms with Crippen LogP contribution in [0, 0.1) is 19.7 Å². The van der Waals surface area contributed by atoms with Crippen LogP contribution < -0.4 is 0 Å². The van der Waals surface area contributed by atoms with Crippen LogP contribution in [0.2, 0.25) is 0 Å². The van der Waals surface area contributed by atoms with Gasteiger partial charge in [0, 0.05) is 20.2 Å². The highest BCUT2D eigenvalue weighted by atomic mass is 32.1. The zero-order chi connectivity index (χ0) is 11.3. The molecule has 3 aromatic rings. The normalized spacial score (nSPS) is 11.4. The summed E-state index contributed by atoms with van der Waals surface area (Å²) in [4.78, 5) is 0. The van der Waals surface area contributed by atoms with Crippen molar-refractivity contribution in [2.24, 2.45) is 0 Å². The van der Waals surface area contributed by atoms with E-state index in [0.29, 0.717) is 0 Å². The second-order valence-corrected chi connectivity index (χ2v) is 5.17. The van der Waals surface area contributed by atoms with Crippen LogP contribution >= 0.6 is 11.3 Å². The Hall–Kier alpha value is -1.41. The zero-order valence-electron chi connectivity index (χ0n) is 9.17. The number of hydrogen-bond donors (Lipinski definition) is 0. The summed E-state index contributed by atoms with van der Waals surface area (Å²) in [6.07, 6.45) is 0. The highest BCUT2D eigenvalue weighted by molar-refractivity contribution is 7.26. The van der Waals surface area contributed by atoms with E-state index in [2.05, 4.69) is 19.1 Å². The summed E-state index contributed by atoms with van der Waals surface area (Å²) in [5.41, 5.74) is 2.29. The van der Waals surface area contributed by atoms with Crippen LogP contribution in [0.1, 0.15) is 11.1 Å². The van der Waals surface area contributed by atoms with Crippen LogP contribution in [-0.2, 0) is 0 Å². The fourth-order valence-corrected chi connectivity index (χ4v) is 3.39. The van der Waals surface area contributed by atoms with Crippen LogP contribution in [0.5, 0.6) is 0 Å². The molecule has 0 N–H and O–H groups in total. The number of benzene rings is 2. The smallest absolute Gasteiger partial charge is 0.124 e. The third-order valence-electron chi connectivity index (χ3n) is 2.95. The topological polar surface area (TPSA) is 0 Å². The van der Waals surface area contributed by atoms with Crippen molar-refractivity contribution in [3.63, 3.8) is 0 Å². The van der Waals surface area contributed by atoms with Crippen molar-refractivity contribution in [2.75, 3.05) is 0 Å². The molecule has 0 aliphatic heterocycles. The van der Waals surface area contributed by atoms with Crippen molar-refractivity contribution < 1.29 is 4.39 Å². The maximum atomic E-state index is 13.4. The Labute approximate surface area is 97.3 Å². The average Bonchev–Trinajstić information content (AvgIpc) is 2.59. The first kappa shape index (κ1) is 9.79. The molecule has 0 amide bonds. The Morgan fingerprint density at radius 3 is 2.50 bits per heavy atom. The van der Waals surface area contributed by atoms with Gasteiger partial charge in [-0.15, -0.1) is 11.3 Å². The zero-order valence-corrected chi connectivity index (χ0v) is 9.99. The Morgan fingerprint density at radius 1 is 0.938 bits per heavy atom. The summed E-state index contributed by atoms with van der Waals surface area (Å²) in [5.74, 6) is -0.147. The summed E-state index contributed by atoms with van der Waals surface area (Å²) in [5, 5.41) is 2.21. The quantitative estimate of drug-likeness (QED) is 0.520. The number of halogens is 1. The molecule has 80 valence electrons. The van der Waals surface area contributed by atoms with Crippen molar-refractivity contribution in [1.29, 1.82) is 0 Å². The van der Waals surface area contributed by atoms with E-state index in [-0.39, 0.29) is 5.82 Å². The Bertz CT molecular complexity index is 695. The van der Waals surface area contributed by atoms with Crippen LogP contribution in [0.15, 0.2) is 30.3 Å². The standard InChI is InChI=1S/C14H11FS/c1-8-4-3-5-11-12-7-10(15)6-9(2)14(12)16-13(8)11/h3-7H,1-2H3. The minimum atomic E-state index is -0.147. The second-order valence-electron chi connectivity index (χ2n) is 4.15. The van der Waals surface area contributed by atoms with Crippen molar-refractivity contribution in [3.05, 3.63) is 47.3 Å². The lowest BCUT2D eigenvalue weighted by Gasteiger charge is -1.96. The monoisotopic (exact) mass is 230 g/mol. The molecule has 0 unspecified atom stereocenters. The van der Waals surface area contributed by atoms with Gasteiger partial charge in [-0.3, -0.25) is 0 Å². The molecule has 0 saturated carbocycles. The number of hydrogen-bond acceptors (Lipinski definition) is 1. The molecule has 0 bridgehead atoms. The van der Waals surface area contributed by atoms with Gasteiger partial charge in [0.1, 0.15) is 5.82 Å².